The van der Waals surface area contributed by atoms with Crippen LogP contribution in [0.5, 0.6) is 0 Å². The SMILES string of the molecule is CC/C=C/CCCCCCCCCC(=O)O[C@H](COC(=O)CCCCCCCCCCC)COP(=O)(O)OC[C@@H](O)CO. The third-order valence-electron chi connectivity index (χ3n) is 6.93. The molecule has 0 aliphatic rings. The molecule has 43 heavy (non-hydrogen) atoms. The zero-order valence-electron chi connectivity index (χ0n) is 26.9. The predicted molar refractivity (Wildman–Crippen MR) is 168 cm³/mol. The van der Waals surface area contributed by atoms with Gasteiger partial charge in [0.25, 0.3) is 0 Å². The molecule has 0 spiro atoms. The molecule has 11 heteroatoms. The molecule has 0 aromatic heterocycles. The topological polar surface area (TPSA) is 149 Å². The number of esters is 2. The monoisotopic (exact) mass is 636 g/mol. The Hall–Kier alpha value is -1.29. The predicted octanol–water partition coefficient (Wildman–Crippen LogP) is 7.33. The van der Waals surface area contributed by atoms with E-state index in [1.807, 2.05) is 0 Å². The van der Waals surface area contributed by atoms with E-state index in [2.05, 4.69) is 30.5 Å². The molecule has 3 atom stereocenters. The molecule has 0 aromatic rings. The fraction of sp³-hybridized carbons (Fsp3) is 0.875. The third-order valence-corrected chi connectivity index (χ3v) is 7.88. The van der Waals surface area contributed by atoms with Gasteiger partial charge >= 0.3 is 19.8 Å². The number of carbonyl (C=O) groups is 2. The number of hydrogen-bond acceptors (Lipinski definition) is 9. The van der Waals surface area contributed by atoms with E-state index in [1.165, 1.54) is 51.4 Å². The van der Waals surface area contributed by atoms with Gasteiger partial charge in [-0.15, -0.1) is 0 Å². The highest BCUT2D eigenvalue weighted by Gasteiger charge is 2.27. The fourth-order valence-corrected chi connectivity index (χ4v) is 5.14. The van der Waals surface area contributed by atoms with E-state index in [1.54, 1.807) is 0 Å². The first kappa shape index (κ1) is 41.7. The van der Waals surface area contributed by atoms with Crippen LogP contribution in [0.25, 0.3) is 0 Å². The van der Waals surface area contributed by atoms with E-state index < -0.39 is 51.8 Å². The van der Waals surface area contributed by atoms with Crippen molar-refractivity contribution in [3.05, 3.63) is 12.2 Å². The highest BCUT2D eigenvalue weighted by Crippen LogP contribution is 2.43. The Morgan fingerprint density at radius 3 is 1.77 bits per heavy atom. The summed E-state index contributed by atoms with van der Waals surface area (Å²) in [6.07, 6.45) is 22.0. The van der Waals surface area contributed by atoms with Gasteiger partial charge in [-0.05, 0) is 32.1 Å². The van der Waals surface area contributed by atoms with Crippen molar-refractivity contribution in [2.75, 3.05) is 26.4 Å². The maximum atomic E-state index is 12.4. The molecule has 0 rings (SSSR count). The number of aliphatic hydroxyl groups is 2. The number of hydrogen-bond donors (Lipinski definition) is 3. The Balaban J connectivity index is 4.45. The minimum absolute atomic E-state index is 0.181. The number of aliphatic hydroxyl groups excluding tert-OH is 2. The molecule has 3 N–H and O–H groups in total. The van der Waals surface area contributed by atoms with Gasteiger partial charge < -0.3 is 24.6 Å². The minimum Gasteiger partial charge on any atom is -0.462 e. The Labute approximate surface area is 260 Å². The standard InChI is InChI=1S/C32H61O10P/c1-3-5-7-9-11-13-14-16-18-20-22-24-32(36)42-30(28-41-43(37,38)40-26-29(34)25-33)27-39-31(35)23-21-19-17-15-12-10-8-6-4-2/h5,7,29-30,33-34H,3-4,6,8-28H2,1-2H3,(H,37,38)/b7-5+/t29-,30+/m0/s1. The smallest absolute Gasteiger partial charge is 0.462 e. The number of rotatable bonds is 31. The van der Waals surface area contributed by atoms with Crippen molar-refractivity contribution in [1.82, 2.24) is 0 Å². The summed E-state index contributed by atoms with van der Waals surface area (Å²) in [4.78, 5) is 34.5. The van der Waals surface area contributed by atoms with Gasteiger partial charge in [0.15, 0.2) is 6.10 Å². The van der Waals surface area contributed by atoms with Gasteiger partial charge in [0.2, 0.25) is 0 Å². The average molecular weight is 637 g/mol. The summed E-state index contributed by atoms with van der Waals surface area (Å²) in [7, 11) is -4.60. The van der Waals surface area contributed by atoms with Crippen molar-refractivity contribution in [1.29, 1.82) is 0 Å². The first-order chi connectivity index (χ1) is 20.7. The Morgan fingerprint density at radius 2 is 1.21 bits per heavy atom. The van der Waals surface area contributed by atoms with Crippen molar-refractivity contribution in [3.63, 3.8) is 0 Å². The quantitative estimate of drug-likeness (QED) is 0.0306. The molecule has 0 bridgehead atoms. The molecule has 254 valence electrons. The van der Waals surface area contributed by atoms with E-state index in [4.69, 9.17) is 19.1 Å². The second-order valence-corrected chi connectivity index (χ2v) is 12.6. The number of allylic oxidation sites excluding steroid dienone is 2. The van der Waals surface area contributed by atoms with Gasteiger partial charge in [-0.2, -0.15) is 0 Å². The molecule has 0 fully saturated rings. The lowest BCUT2D eigenvalue weighted by atomic mass is 10.1. The van der Waals surface area contributed by atoms with Crippen molar-refractivity contribution in [2.24, 2.45) is 0 Å². The molecular weight excluding hydrogens is 575 g/mol. The molecule has 0 radical (unpaired) electrons. The van der Waals surface area contributed by atoms with Crippen molar-refractivity contribution < 1.29 is 47.8 Å². The van der Waals surface area contributed by atoms with Gasteiger partial charge in [-0.3, -0.25) is 18.6 Å². The van der Waals surface area contributed by atoms with Crippen LogP contribution in [-0.2, 0) is 32.7 Å². The van der Waals surface area contributed by atoms with Crippen LogP contribution in [0.1, 0.15) is 142 Å². The summed E-state index contributed by atoms with van der Waals surface area (Å²) < 4.78 is 32.4. The van der Waals surface area contributed by atoms with Crippen LogP contribution in [0.15, 0.2) is 12.2 Å². The van der Waals surface area contributed by atoms with Crippen LogP contribution in [0.4, 0.5) is 0 Å². The summed E-state index contributed by atoms with van der Waals surface area (Å²) in [5.41, 5.74) is 0. The number of phosphoric acid groups is 1. The lowest BCUT2D eigenvalue weighted by Gasteiger charge is -2.20. The highest BCUT2D eigenvalue weighted by atomic mass is 31.2. The van der Waals surface area contributed by atoms with E-state index >= 15 is 0 Å². The van der Waals surface area contributed by atoms with Crippen molar-refractivity contribution >= 4 is 19.8 Å². The molecule has 0 saturated carbocycles. The maximum absolute atomic E-state index is 12.4. The highest BCUT2D eigenvalue weighted by molar-refractivity contribution is 7.47. The zero-order valence-corrected chi connectivity index (χ0v) is 27.8. The fourth-order valence-electron chi connectivity index (χ4n) is 4.35. The van der Waals surface area contributed by atoms with Crippen LogP contribution in [-0.4, -0.2) is 65.7 Å². The molecule has 0 aliphatic carbocycles. The summed E-state index contributed by atoms with van der Waals surface area (Å²) >= 11 is 0. The Morgan fingerprint density at radius 1 is 0.698 bits per heavy atom. The molecule has 0 amide bonds. The van der Waals surface area contributed by atoms with E-state index in [0.717, 1.165) is 51.4 Å². The van der Waals surface area contributed by atoms with Gasteiger partial charge in [0.1, 0.15) is 12.7 Å². The van der Waals surface area contributed by atoms with E-state index in [9.17, 15) is 24.2 Å². The van der Waals surface area contributed by atoms with Gasteiger partial charge in [-0.25, -0.2) is 4.57 Å². The maximum Gasteiger partial charge on any atom is 0.472 e. The Bertz CT molecular complexity index is 746. The summed E-state index contributed by atoms with van der Waals surface area (Å²) in [5.74, 6) is -0.935. The normalized spacial score (nSPS) is 14.4. The van der Waals surface area contributed by atoms with Gasteiger partial charge in [0, 0.05) is 12.8 Å². The van der Waals surface area contributed by atoms with E-state index in [0.29, 0.717) is 12.8 Å². The second-order valence-electron chi connectivity index (χ2n) is 11.2. The average Bonchev–Trinajstić information content (AvgIpc) is 2.99. The number of ether oxygens (including phenoxy) is 2. The van der Waals surface area contributed by atoms with Crippen LogP contribution in [0.2, 0.25) is 0 Å². The molecule has 0 aromatic carbocycles. The van der Waals surface area contributed by atoms with Gasteiger partial charge in [-0.1, -0.05) is 109 Å². The molecule has 0 aliphatic heterocycles. The molecule has 0 saturated heterocycles. The Kier molecular flexibility index (Phi) is 28.5. The summed E-state index contributed by atoms with van der Waals surface area (Å²) in [5, 5.41) is 18.2. The summed E-state index contributed by atoms with van der Waals surface area (Å²) in [6, 6.07) is 0. The minimum atomic E-state index is -4.60. The van der Waals surface area contributed by atoms with Crippen LogP contribution in [0, 0.1) is 0 Å². The summed E-state index contributed by atoms with van der Waals surface area (Å²) in [6.45, 7) is 2.22. The van der Waals surface area contributed by atoms with Crippen molar-refractivity contribution in [3.8, 4) is 0 Å². The number of carbonyl (C=O) groups excluding carboxylic acids is 2. The largest absolute Gasteiger partial charge is 0.472 e. The molecule has 0 heterocycles. The lowest BCUT2D eigenvalue weighted by molar-refractivity contribution is -0.161. The molecule has 1 unspecified atom stereocenters. The van der Waals surface area contributed by atoms with E-state index in [-0.39, 0.29) is 19.4 Å². The van der Waals surface area contributed by atoms with Crippen LogP contribution in [0.3, 0.4) is 0 Å². The van der Waals surface area contributed by atoms with Crippen molar-refractivity contribution in [2.45, 2.75) is 154 Å². The number of unbranched alkanes of at least 4 members (excludes halogenated alkanes) is 15. The lowest BCUT2D eigenvalue weighted by Crippen LogP contribution is -2.29. The molecule has 10 nitrogen and oxygen atoms in total. The van der Waals surface area contributed by atoms with Gasteiger partial charge in [0.05, 0.1) is 19.8 Å². The van der Waals surface area contributed by atoms with Crippen LogP contribution < -0.4 is 0 Å². The van der Waals surface area contributed by atoms with Crippen LogP contribution >= 0.6 is 7.82 Å². The number of phosphoric ester groups is 1. The zero-order chi connectivity index (χ0) is 32.0. The first-order valence-electron chi connectivity index (χ1n) is 16.6. The third kappa shape index (κ3) is 29.2. The molecular formula is C32H61O10P. The second kappa shape index (κ2) is 29.4. The first-order valence-corrected chi connectivity index (χ1v) is 18.1.